The summed E-state index contributed by atoms with van der Waals surface area (Å²) in [7, 11) is 0. The number of carbonyl (C=O) groups excluding carboxylic acids is 2. The van der Waals surface area contributed by atoms with E-state index < -0.39 is 28.8 Å². The second-order valence-corrected chi connectivity index (χ2v) is 5.33. The van der Waals surface area contributed by atoms with Gasteiger partial charge in [0.05, 0.1) is 6.07 Å². The zero-order chi connectivity index (χ0) is 17.9. The number of amides is 1. The summed E-state index contributed by atoms with van der Waals surface area (Å²) in [5.74, 6) is -2.50. The standard InChI is InChI=1S/C15H13ClN2O6/c1-8-3-4-10(16)7-11(8)17-14(19)9(2)23-15(20)12-5-6-13(24-12)18(21)22/h3-7,9H,1-2H3,(H,17,19). The first-order valence-electron chi connectivity index (χ1n) is 6.80. The Morgan fingerprint density at radius 3 is 2.67 bits per heavy atom. The molecular weight excluding hydrogens is 340 g/mol. The number of hydrogen-bond donors (Lipinski definition) is 1. The van der Waals surface area contributed by atoms with Crippen molar-refractivity contribution in [1.82, 2.24) is 0 Å². The Bertz CT molecular complexity index is 801. The summed E-state index contributed by atoms with van der Waals surface area (Å²) in [5, 5.41) is 13.6. The van der Waals surface area contributed by atoms with Gasteiger partial charge in [0.2, 0.25) is 5.76 Å². The average molecular weight is 353 g/mol. The Labute approximate surface area is 141 Å². The molecule has 0 radical (unpaired) electrons. The summed E-state index contributed by atoms with van der Waals surface area (Å²) in [5.41, 5.74) is 1.27. The molecule has 1 heterocycles. The van der Waals surface area contributed by atoms with Gasteiger partial charge < -0.3 is 14.5 Å². The van der Waals surface area contributed by atoms with Crippen molar-refractivity contribution >= 4 is 35.0 Å². The second kappa shape index (κ2) is 7.14. The summed E-state index contributed by atoms with van der Waals surface area (Å²) >= 11 is 5.87. The number of ether oxygens (including phenoxy) is 1. The van der Waals surface area contributed by atoms with Crippen LogP contribution in [0.25, 0.3) is 0 Å². The van der Waals surface area contributed by atoms with Crippen LogP contribution in [-0.2, 0) is 9.53 Å². The van der Waals surface area contributed by atoms with Gasteiger partial charge in [0, 0.05) is 10.7 Å². The largest absolute Gasteiger partial charge is 0.447 e. The molecule has 8 nitrogen and oxygen atoms in total. The molecule has 0 aliphatic rings. The lowest BCUT2D eigenvalue weighted by molar-refractivity contribution is -0.402. The maximum absolute atomic E-state index is 12.1. The Kier molecular flexibility index (Phi) is 5.20. The number of furan rings is 1. The van der Waals surface area contributed by atoms with E-state index in [4.69, 9.17) is 20.8 Å². The minimum atomic E-state index is -1.14. The molecule has 9 heteroatoms. The van der Waals surface area contributed by atoms with Crippen LogP contribution in [0.3, 0.4) is 0 Å². The molecule has 126 valence electrons. The highest BCUT2D eigenvalue weighted by Crippen LogP contribution is 2.21. The molecule has 0 bridgehead atoms. The fraction of sp³-hybridized carbons (Fsp3) is 0.200. The molecule has 0 saturated carbocycles. The topological polar surface area (TPSA) is 112 Å². The number of benzene rings is 1. The first kappa shape index (κ1) is 17.5. The fourth-order valence-electron chi connectivity index (χ4n) is 1.77. The van der Waals surface area contributed by atoms with E-state index in [-0.39, 0.29) is 5.76 Å². The van der Waals surface area contributed by atoms with Gasteiger partial charge in [0.25, 0.3) is 5.91 Å². The van der Waals surface area contributed by atoms with Crippen molar-refractivity contribution in [3.8, 4) is 0 Å². The number of nitrogens with one attached hydrogen (secondary N) is 1. The zero-order valence-corrected chi connectivity index (χ0v) is 13.5. The molecule has 0 saturated heterocycles. The van der Waals surface area contributed by atoms with Crippen LogP contribution < -0.4 is 5.32 Å². The number of hydrogen-bond acceptors (Lipinski definition) is 6. The number of esters is 1. The van der Waals surface area contributed by atoms with Gasteiger partial charge in [-0.3, -0.25) is 14.9 Å². The maximum Gasteiger partial charge on any atom is 0.433 e. The molecule has 1 atom stereocenters. The Hall–Kier alpha value is -2.87. The van der Waals surface area contributed by atoms with Gasteiger partial charge in [-0.1, -0.05) is 17.7 Å². The third-order valence-electron chi connectivity index (χ3n) is 3.08. The molecule has 0 fully saturated rings. The lowest BCUT2D eigenvalue weighted by Crippen LogP contribution is -2.30. The number of halogens is 1. The van der Waals surface area contributed by atoms with Crippen molar-refractivity contribution < 1.29 is 23.7 Å². The van der Waals surface area contributed by atoms with E-state index in [0.29, 0.717) is 10.7 Å². The third-order valence-corrected chi connectivity index (χ3v) is 3.32. The van der Waals surface area contributed by atoms with E-state index in [0.717, 1.165) is 17.7 Å². The van der Waals surface area contributed by atoms with E-state index in [1.165, 1.54) is 6.92 Å². The Morgan fingerprint density at radius 1 is 1.33 bits per heavy atom. The van der Waals surface area contributed by atoms with Crippen LogP contribution in [0.4, 0.5) is 11.6 Å². The van der Waals surface area contributed by atoms with E-state index in [1.807, 2.05) is 0 Å². The minimum Gasteiger partial charge on any atom is -0.447 e. The normalized spacial score (nSPS) is 11.6. The Balaban J connectivity index is 2.01. The van der Waals surface area contributed by atoms with E-state index in [1.54, 1.807) is 25.1 Å². The van der Waals surface area contributed by atoms with Gasteiger partial charge >= 0.3 is 11.9 Å². The summed E-state index contributed by atoms with van der Waals surface area (Å²) < 4.78 is 9.65. The zero-order valence-electron chi connectivity index (χ0n) is 12.7. The van der Waals surface area contributed by atoms with Crippen LogP contribution in [0.2, 0.25) is 5.02 Å². The predicted molar refractivity (Wildman–Crippen MR) is 85.1 cm³/mol. The molecule has 0 spiro atoms. The van der Waals surface area contributed by atoms with Crippen molar-refractivity contribution in [2.75, 3.05) is 5.32 Å². The molecule has 0 aliphatic carbocycles. The highest BCUT2D eigenvalue weighted by molar-refractivity contribution is 6.31. The van der Waals surface area contributed by atoms with Crippen molar-refractivity contribution in [2.24, 2.45) is 0 Å². The molecule has 1 amide bonds. The molecule has 2 aromatic rings. The van der Waals surface area contributed by atoms with E-state index >= 15 is 0 Å². The second-order valence-electron chi connectivity index (χ2n) is 4.89. The minimum absolute atomic E-state index is 0.361. The first-order valence-corrected chi connectivity index (χ1v) is 7.18. The van der Waals surface area contributed by atoms with Crippen molar-refractivity contribution in [1.29, 1.82) is 0 Å². The fourth-order valence-corrected chi connectivity index (χ4v) is 1.94. The maximum atomic E-state index is 12.1. The molecule has 1 unspecified atom stereocenters. The van der Waals surface area contributed by atoms with Crippen molar-refractivity contribution in [2.45, 2.75) is 20.0 Å². The molecule has 1 aromatic heterocycles. The first-order chi connectivity index (χ1) is 11.3. The lowest BCUT2D eigenvalue weighted by Gasteiger charge is -2.14. The van der Waals surface area contributed by atoms with Crippen LogP contribution >= 0.6 is 11.6 Å². The van der Waals surface area contributed by atoms with Crippen LogP contribution in [-0.4, -0.2) is 22.9 Å². The summed E-state index contributed by atoms with van der Waals surface area (Å²) in [4.78, 5) is 33.6. The van der Waals surface area contributed by atoms with Gasteiger partial charge in [-0.2, -0.15) is 0 Å². The van der Waals surface area contributed by atoms with Crippen molar-refractivity contribution in [3.05, 3.63) is 56.8 Å². The molecule has 1 N–H and O–H groups in total. The molecule has 0 aliphatic heterocycles. The summed E-state index contributed by atoms with van der Waals surface area (Å²) in [6.45, 7) is 3.15. The van der Waals surface area contributed by atoms with Crippen molar-refractivity contribution in [3.63, 3.8) is 0 Å². The molecule has 2 rings (SSSR count). The number of nitrogens with zero attached hydrogens (tertiary/aromatic N) is 1. The SMILES string of the molecule is Cc1ccc(Cl)cc1NC(=O)C(C)OC(=O)c1ccc([N+](=O)[O-])o1. The third kappa shape index (κ3) is 4.11. The van der Waals surface area contributed by atoms with Crippen LogP contribution in [0, 0.1) is 17.0 Å². The predicted octanol–water partition coefficient (Wildman–Crippen LogP) is 3.33. The van der Waals surface area contributed by atoms with Crippen LogP contribution in [0.1, 0.15) is 23.0 Å². The lowest BCUT2D eigenvalue weighted by atomic mass is 10.2. The van der Waals surface area contributed by atoms with Gasteiger partial charge in [0.1, 0.15) is 4.92 Å². The highest BCUT2D eigenvalue weighted by atomic mass is 35.5. The number of rotatable bonds is 5. The molecule has 1 aromatic carbocycles. The van der Waals surface area contributed by atoms with Crippen LogP contribution in [0.5, 0.6) is 0 Å². The molecular formula is C15H13ClN2O6. The van der Waals surface area contributed by atoms with Gasteiger partial charge in [-0.05, 0) is 37.6 Å². The van der Waals surface area contributed by atoms with Gasteiger partial charge in [-0.25, -0.2) is 4.79 Å². The van der Waals surface area contributed by atoms with Gasteiger partial charge in [-0.15, -0.1) is 0 Å². The Morgan fingerprint density at radius 2 is 2.04 bits per heavy atom. The number of anilines is 1. The summed E-state index contributed by atoms with van der Waals surface area (Å²) in [6.07, 6.45) is -1.14. The quantitative estimate of drug-likeness (QED) is 0.501. The van der Waals surface area contributed by atoms with Gasteiger partial charge in [0.15, 0.2) is 6.10 Å². The monoisotopic (exact) mass is 352 g/mol. The van der Waals surface area contributed by atoms with E-state index in [2.05, 4.69) is 5.32 Å². The van der Waals surface area contributed by atoms with E-state index in [9.17, 15) is 19.7 Å². The summed E-state index contributed by atoms with van der Waals surface area (Å²) in [6, 6.07) is 7.11. The molecule has 24 heavy (non-hydrogen) atoms. The highest BCUT2D eigenvalue weighted by Gasteiger charge is 2.23. The number of aryl methyl sites for hydroxylation is 1. The van der Waals surface area contributed by atoms with Crippen LogP contribution in [0.15, 0.2) is 34.7 Å². The smallest absolute Gasteiger partial charge is 0.433 e. The average Bonchev–Trinajstić information content (AvgIpc) is 3.01. The number of nitro groups is 1. The number of carbonyl (C=O) groups is 2.